The van der Waals surface area contributed by atoms with Crippen molar-refractivity contribution >= 4 is 5.91 Å². The fraction of sp³-hybridized carbons (Fsp3) is 0.500. The first-order valence-corrected chi connectivity index (χ1v) is 8.04. The summed E-state index contributed by atoms with van der Waals surface area (Å²) in [5.41, 5.74) is 0.798. The molecular weight excluding hydrogens is 306 g/mol. The number of methoxy groups -OCH3 is 1. The number of carbonyl (C=O) groups is 1. The molecule has 3 rings (SSSR count). The second-order valence-corrected chi connectivity index (χ2v) is 7.08. The molecule has 1 saturated carbocycles. The van der Waals surface area contributed by atoms with Crippen LogP contribution in [0.5, 0.6) is 0 Å². The zero-order chi connectivity index (χ0) is 17.5. The number of rotatable bonds is 4. The predicted octanol–water partition coefficient (Wildman–Crippen LogP) is 2.98. The minimum absolute atomic E-state index is 0.0485. The maximum atomic E-state index is 12.8. The molecule has 1 amide bonds. The van der Waals surface area contributed by atoms with Gasteiger partial charge in [0.1, 0.15) is 0 Å². The molecule has 1 aromatic heterocycles. The molecule has 2 aromatic rings. The number of nitrogens with one attached hydrogen (secondary N) is 1. The van der Waals surface area contributed by atoms with E-state index in [0.29, 0.717) is 22.8 Å². The van der Waals surface area contributed by atoms with Crippen LogP contribution in [0.15, 0.2) is 28.8 Å². The highest BCUT2D eigenvalue weighted by molar-refractivity contribution is 6.00. The summed E-state index contributed by atoms with van der Waals surface area (Å²) < 4.78 is 10.8. The molecule has 0 saturated heterocycles. The van der Waals surface area contributed by atoms with Crippen LogP contribution in [0.3, 0.4) is 0 Å². The lowest BCUT2D eigenvalue weighted by Gasteiger charge is -2.59. The van der Waals surface area contributed by atoms with E-state index >= 15 is 0 Å². The van der Waals surface area contributed by atoms with Crippen molar-refractivity contribution in [3.05, 3.63) is 35.7 Å². The molecule has 1 aliphatic carbocycles. The molecule has 0 unspecified atom stereocenters. The van der Waals surface area contributed by atoms with Crippen molar-refractivity contribution in [1.29, 1.82) is 0 Å². The first kappa shape index (κ1) is 16.6. The molecule has 1 fully saturated rings. The summed E-state index contributed by atoms with van der Waals surface area (Å²) in [4.78, 5) is 17.0. The van der Waals surface area contributed by atoms with E-state index in [4.69, 9.17) is 9.26 Å². The summed E-state index contributed by atoms with van der Waals surface area (Å²) in [5.74, 6) is 0.752. The van der Waals surface area contributed by atoms with Gasteiger partial charge in [0.15, 0.2) is 5.82 Å². The normalized spacial score (nSPS) is 25.1. The van der Waals surface area contributed by atoms with Crippen LogP contribution < -0.4 is 5.32 Å². The Kier molecular flexibility index (Phi) is 3.95. The lowest BCUT2D eigenvalue weighted by atomic mass is 9.56. The quantitative estimate of drug-likeness (QED) is 0.933. The van der Waals surface area contributed by atoms with E-state index in [2.05, 4.69) is 36.2 Å². The average molecular weight is 329 g/mol. The van der Waals surface area contributed by atoms with Crippen LogP contribution in [0.25, 0.3) is 11.5 Å². The van der Waals surface area contributed by atoms with E-state index in [-0.39, 0.29) is 23.0 Å². The van der Waals surface area contributed by atoms with Gasteiger partial charge in [-0.15, -0.1) is 0 Å². The van der Waals surface area contributed by atoms with Gasteiger partial charge in [-0.2, -0.15) is 4.98 Å². The Morgan fingerprint density at radius 2 is 2.04 bits per heavy atom. The van der Waals surface area contributed by atoms with Crippen molar-refractivity contribution in [2.75, 3.05) is 7.11 Å². The second-order valence-electron chi connectivity index (χ2n) is 7.08. The molecule has 24 heavy (non-hydrogen) atoms. The minimum Gasteiger partial charge on any atom is -0.378 e. The number of aryl methyl sites for hydroxylation is 1. The highest BCUT2D eigenvalue weighted by Gasteiger charge is 2.58. The zero-order valence-corrected chi connectivity index (χ0v) is 14.7. The Labute approximate surface area is 141 Å². The van der Waals surface area contributed by atoms with Gasteiger partial charge in [0, 0.05) is 18.6 Å². The van der Waals surface area contributed by atoms with Gasteiger partial charge in [-0.1, -0.05) is 31.1 Å². The third-order valence-corrected chi connectivity index (χ3v) is 5.51. The molecule has 1 heterocycles. The van der Waals surface area contributed by atoms with Crippen molar-refractivity contribution in [3.63, 3.8) is 0 Å². The fourth-order valence-corrected chi connectivity index (χ4v) is 3.23. The van der Waals surface area contributed by atoms with E-state index in [1.807, 2.05) is 18.2 Å². The summed E-state index contributed by atoms with van der Waals surface area (Å²) in [6, 6.07) is 7.30. The number of aromatic nitrogens is 2. The fourth-order valence-electron chi connectivity index (χ4n) is 3.23. The van der Waals surface area contributed by atoms with Crippen molar-refractivity contribution in [3.8, 4) is 11.5 Å². The van der Waals surface area contributed by atoms with Crippen molar-refractivity contribution in [2.45, 2.75) is 45.8 Å². The van der Waals surface area contributed by atoms with Gasteiger partial charge in [0.25, 0.3) is 11.8 Å². The van der Waals surface area contributed by atoms with E-state index in [9.17, 15) is 4.79 Å². The molecule has 6 heteroatoms. The third-order valence-electron chi connectivity index (χ3n) is 5.51. The van der Waals surface area contributed by atoms with Gasteiger partial charge in [-0.3, -0.25) is 4.79 Å². The van der Waals surface area contributed by atoms with E-state index in [1.54, 1.807) is 20.1 Å². The Morgan fingerprint density at radius 1 is 1.33 bits per heavy atom. The average Bonchev–Trinajstić information content (AvgIpc) is 3.00. The third kappa shape index (κ3) is 2.51. The van der Waals surface area contributed by atoms with Gasteiger partial charge in [0.2, 0.25) is 0 Å². The van der Waals surface area contributed by atoms with Crippen molar-refractivity contribution < 1.29 is 14.1 Å². The lowest BCUT2D eigenvalue weighted by molar-refractivity contribution is -0.177. The number of hydrogen-bond acceptors (Lipinski definition) is 5. The van der Waals surface area contributed by atoms with Crippen molar-refractivity contribution in [1.82, 2.24) is 15.5 Å². The van der Waals surface area contributed by atoms with Gasteiger partial charge in [0.05, 0.1) is 16.7 Å². The van der Waals surface area contributed by atoms with Crippen LogP contribution in [0.4, 0.5) is 0 Å². The van der Waals surface area contributed by atoms with Crippen LogP contribution in [-0.4, -0.2) is 34.8 Å². The molecule has 128 valence electrons. The molecular formula is C18H23N3O3. The molecule has 0 aliphatic heterocycles. The van der Waals surface area contributed by atoms with Crippen molar-refractivity contribution in [2.24, 2.45) is 5.41 Å². The monoisotopic (exact) mass is 329 g/mol. The molecule has 2 atom stereocenters. The van der Waals surface area contributed by atoms with Crippen LogP contribution in [0.2, 0.25) is 0 Å². The maximum Gasteiger partial charge on any atom is 0.258 e. The van der Waals surface area contributed by atoms with E-state index in [0.717, 1.165) is 6.42 Å². The van der Waals surface area contributed by atoms with Gasteiger partial charge < -0.3 is 14.6 Å². The first-order chi connectivity index (χ1) is 11.3. The summed E-state index contributed by atoms with van der Waals surface area (Å²) in [6.07, 6.45) is 0.782. The summed E-state index contributed by atoms with van der Waals surface area (Å²) in [6.45, 7) is 8.04. The van der Waals surface area contributed by atoms with E-state index < -0.39 is 0 Å². The van der Waals surface area contributed by atoms with Crippen LogP contribution >= 0.6 is 0 Å². The highest BCUT2D eigenvalue weighted by Crippen LogP contribution is 2.51. The number of nitrogens with zero attached hydrogens (tertiary/aromatic N) is 2. The molecule has 1 aromatic carbocycles. The Morgan fingerprint density at radius 3 is 2.62 bits per heavy atom. The van der Waals surface area contributed by atoms with Gasteiger partial charge in [-0.25, -0.2) is 0 Å². The number of amides is 1. The first-order valence-electron chi connectivity index (χ1n) is 8.04. The van der Waals surface area contributed by atoms with E-state index in [1.165, 1.54) is 0 Å². The summed E-state index contributed by atoms with van der Waals surface area (Å²) >= 11 is 0. The Balaban J connectivity index is 1.83. The Hall–Kier alpha value is -2.21. The zero-order valence-electron chi connectivity index (χ0n) is 14.7. The minimum atomic E-state index is -0.228. The van der Waals surface area contributed by atoms with Gasteiger partial charge >= 0.3 is 0 Å². The number of hydrogen-bond donors (Lipinski definition) is 1. The molecule has 6 nitrogen and oxygen atoms in total. The topological polar surface area (TPSA) is 77.2 Å². The van der Waals surface area contributed by atoms with Crippen LogP contribution in [0.1, 0.15) is 43.4 Å². The summed E-state index contributed by atoms with van der Waals surface area (Å²) in [5, 5.41) is 6.92. The predicted molar refractivity (Wildman–Crippen MR) is 89.5 cm³/mol. The lowest BCUT2D eigenvalue weighted by Crippen LogP contribution is -2.68. The molecule has 1 aliphatic rings. The Bertz CT molecular complexity index is 768. The van der Waals surface area contributed by atoms with Crippen LogP contribution in [0, 0.1) is 12.3 Å². The number of carbonyl (C=O) groups excluding carboxylic acids is 1. The van der Waals surface area contributed by atoms with Crippen LogP contribution in [-0.2, 0) is 4.74 Å². The molecule has 0 radical (unpaired) electrons. The standard InChI is InChI=1S/C18H23N3O3/c1-11-19-16(24-21-11)13-9-7-6-8-12(13)15(22)20-14-10-18(4,23-5)17(14,2)3/h6-9,14H,10H2,1-5H3,(H,20,22)/t14-,18+/m1/s1. The molecule has 1 N–H and O–H groups in total. The summed E-state index contributed by atoms with van der Waals surface area (Å²) in [7, 11) is 1.72. The maximum absolute atomic E-state index is 12.8. The molecule has 0 spiro atoms. The molecule has 0 bridgehead atoms. The second kappa shape index (κ2) is 5.70. The van der Waals surface area contributed by atoms with Gasteiger partial charge in [-0.05, 0) is 32.4 Å². The SMILES string of the molecule is CO[C@@]1(C)C[C@@H](NC(=O)c2ccccc2-c2nc(C)no2)C1(C)C. The number of ether oxygens (including phenoxy) is 1. The smallest absolute Gasteiger partial charge is 0.258 e. The highest BCUT2D eigenvalue weighted by atomic mass is 16.5. The number of benzene rings is 1. The largest absolute Gasteiger partial charge is 0.378 e.